The quantitative estimate of drug-likeness (QED) is 0.776. The average Bonchev–Trinajstić information content (AvgIpc) is 3.08. The van der Waals surface area contributed by atoms with Crippen LogP contribution in [0.25, 0.3) is 0 Å². The van der Waals surface area contributed by atoms with Crippen LogP contribution >= 0.6 is 0 Å². The van der Waals surface area contributed by atoms with E-state index >= 15 is 0 Å². The fraction of sp³-hybridized carbons (Fsp3) is 0.350. The van der Waals surface area contributed by atoms with Gasteiger partial charge < -0.3 is 19.9 Å². The number of benzene rings is 1. The van der Waals surface area contributed by atoms with Crippen LogP contribution in [0, 0.1) is 6.92 Å². The fourth-order valence-corrected chi connectivity index (χ4v) is 3.00. The Morgan fingerprint density at radius 3 is 2.85 bits per heavy atom. The summed E-state index contributed by atoms with van der Waals surface area (Å²) in [6.45, 7) is 2.84. The topological polar surface area (TPSA) is 97.8 Å². The molecule has 7 heteroatoms. The number of carbonyl (C=O) groups is 2. The molecule has 1 unspecified atom stereocenters. The Bertz CT molecular complexity index is 813. The lowest BCUT2D eigenvalue weighted by Crippen LogP contribution is -2.50. The van der Waals surface area contributed by atoms with Gasteiger partial charge in [-0.2, -0.15) is 0 Å². The van der Waals surface area contributed by atoms with Crippen LogP contribution < -0.4 is 10.1 Å². The maximum absolute atomic E-state index is 12.6. The van der Waals surface area contributed by atoms with Crippen LogP contribution in [0.5, 0.6) is 5.75 Å². The lowest BCUT2D eigenvalue weighted by molar-refractivity contribution is -0.138. The number of carboxylic acids is 1. The Balaban J connectivity index is 1.66. The van der Waals surface area contributed by atoms with E-state index in [1.807, 2.05) is 25.1 Å². The molecular formula is C20H22N2O5. The molecule has 2 heterocycles. The number of rotatable bonds is 7. The van der Waals surface area contributed by atoms with Gasteiger partial charge >= 0.3 is 5.97 Å². The third-order valence-corrected chi connectivity index (χ3v) is 4.45. The van der Waals surface area contributed by atoms with Crippen molar-refractivity contribution >= 4 is 11.9 Å². The van der Waals surface area contributed by atoms with E-state index < -0.39 is 11.5 Å². The summed E-state index contributed by atoms with van der Waals surface area (Å²) in [7, 11) is 0. The fourth-order valence-electron chi connectivity index (χ4n) is 3.00. The van der Waals surface area contributed by atoms with Crippen LogP contribution in [0.2, 0.25) is 0 Å². The number of carboxylic acid groups (broad SMARTS) is 1. The van der Waals surface area contributed by atoms with Gasteiger partial charge in [0.25, 0.3) is 5.91 Å². The minimum absolute atomic E-state index is 0.165. The van der Waals surface area contributed by atoms with Crippen LogP contribution in [0.3, 0.4) is 0 Å². The molecular weight excluding hydrogens is 348 g/mol. The molecule has 142 valence electrons. The van der Waals surface area contributed by atoms with E-state index in [1.165, 1.54) is 0 Å². The first-order valence-corrected chi connectivity index (χ1v) is 8.72. The summed E-state index contributed by atoms with van der Waals surface area (Å²) in [5, 5.41) is 12.0. The van der Waals surface area contributed by atoms with Gasteiger partial charge in [-0.05, 0) is 43.2 Å². The number of amides is 1. The zero-order valence-electron chi connectivity index (χ0n) is 15.1. The van der Waals surface area contributed by atoms with Gasteiger partial charge in [0.15, 0.2) is 0 Å². The van der Waals surface area contributed by atoms with Gasteiger partial charge in [-0.25, -0.2) is 0 Å². The summed E-state index contributed by atoms with van der Waals surface area (Å²) in [6, 6.07) is 10.8. The maximum atomic E-state index is 12.6. The first kappa shape index (κ1) is 18.8. The van der Waals surface area contributed by atoms with Gasteiger partial charge in [-0.3, -0.25) is 14.6 Å². The number of hydrogen-bond acceptors (Lipinski definition) is 5. The van der Waals surface area contributed by atoms with Gasteiger partial charge in [0.2, 0.25) is 0 Å². The van der Waals surface area contributed by atoms with Crippen LogP contribution in [-0.2, 0) is 16.1 Å². The van der Waals surface area contributed by atoms with E-state index in [0.717, 1.165) is 11.3 Å². The standard InChI is InChI=1S/C20H22N2O5/c1-14-5-6-17(11-21-14)27-12-15-3-2-4-16(9-15)19(25)22-20(10-18(23)24)7-8-26-13-20/h2-6,9,11H,7-8,10,12-13H2,1H3,(H,22,25)(H,23,24). The number of carbonyl (C=O) groups excluding carboxylic acids is 1. The predicted molar refractivity (Wildman–Crippen MR) is 97.6 cm³/mol. The van der Waals surface area contributed by atoms with E-state index in [4.69, 9.17) is 14.6 Å². The Hall–Kier alpha value is -2.93. The first-order chi connectivity index (χ1) is 13.0. The first-order valence-electron chi connectivity index (χ1n) is 8.72. The van der Waals surface area contributed by atoms with E-state index in [9.17, 15) is 9.59 Å². The number of aliphatic carboxylic acids is 1. The molecule has 7 nitrogen and oxygen atoms in total. The van der Waals surface area contributed by atoms with Gasteiger partial charge in [0.1, 0.15) is 12.4 Å². The van der Waals surface area contributed by atoms with Crippen molar-refractivity contribution in [2.24, 2.45) is 0 Å². The molecule has 0 spiro atoms. The summed E-state index contributed by atoms with van der Waals surface area (Å²) in [4.78, 5) is 28.0. The van der Waals surface area contributed by atoms with E-state index in [1.54, 1.807) is 24.4 Å². The van der Waals surface area contributed by atoms with Crippen molar-refractivity contribution < 1.29 is 24.2 Å². The van der Waals surface area contributed by atoms with Crippen LogP contribution in [0.1, 0.15) is 34.5 Å². The Morgan fingerprint density at radius 2 is 2.19 bits per heavy atom. The molecule has 1 aliphatic heterocycles. The number of nitrogens with zero attached hydrogens (tertiary/aromatic N) is 1. The van der Waals surface area contributed by atoms with Crippen molar-refractivity contribution in [2.75, 3.05) is 13.2 Å². The van der Waals surface area contributed by atoms with Gasteiger partial charge in [0, 0.05) is 17.9 Å². The summed E-state index contributed by atoms with van der Waals surface area (Å²) in [6.07, 6.45) is 1.97. The number of nitrogens with one attached hydrogen (secondary N) is 1. The third kappa shape index (κ3) is 5.04. The van der Waals surface area contributed by atoms with Gasteiger partial charge in [-0.1, -0.05) is 12.1 Å². The lowest BCUT2D eigenvalue weighted by Gasteiger charge is -2.27. The molecule has 1 fully saturated rings. The SMILES string of the molecule is Cc1ccc(OCc2cccc(C(=O)NC3(CC(=O)O)CCOC3)c2)cn1. The zero-order valence-corrected chi connectivity index (χ0v) is 15.1. The largest absolute Gasteiger partial charge is 0.487 e. The maximum Gasteiger partial charge on any atom is 0.305 e. The zero-order chi connectivity index (χ0) is 19.3. The average molecular weight is 370 g/mol. The molecule has 2 N–H and O–H groups in total. The summed E-state index contributed by atoms with van der Waals surface area (Å²) in [5.74, 6) is -0.630. The van der Waals surface area contributed by atoms with E-state index in [0.29, 0.717) is 30.9 Å². The summed E-state index contributed by atoms with van der Waals surface area (Å²) < 4.78 is 11.0. The van der Waals surface area contributed by atoms with E-state index in [2.05, 4.69) is 10.3 Å². The highest BCUT2D eigenvalue weighted by Gasteiger charge is 2.38. The highest BCUT2D eigenvalue weighted by molar-refractivity contribution is 5.95. The molecule has 0 aliphatic carbocycles. The Morgan fingerprint density at radius 1 is 1.33 bits per heavy atom. The van der Waals surface area contributed by atoms with Crippen molar-refractivity contribution in [3.8, 4) is 5.75 Å². The van der Waals surface area contributed by atoms with Crippen molar-refractivity contribution in [1.29, 1.82) is 0 Å². The second-order valence-corrected chi connectivity index (χ2v) is 6.73. The third-order valence-electron chi connectivity index (χ3n) is 4.45. The van der Waals surface area contributed by atoms with Crippen molar-refractivity contribution in [3.05, 3.63) is 59.4 Å². The van der Waals surface area contributed by atoms with Crippen molar-refractivity contribution in [3.63, 3.8) is 0 Å². The highest BCUT2D eigenvalue weighted by Crippen LogP contribution is 2.23. The lowest BCUT2D eigenvalue weighted by atomic mass is 9.93. The number of ether oxygens (including phenoxy) is 2. The minimum atomic E-state index is -0.963. The molecule has 1 aliphatic rings. The monoisotopic (exact) mass is 370 g/mol. The molecule has 3 rings (SSSR count). The summed E-state index contributed by atoms with van der Waals surface area (Å²) in [5.41, 5.74) is 1.34. The predicted octanol–water partition coefficient (Wildman–Crippen LogP) is 2.33. The molecule has 1 saturated heterocycles. The number of pyridine rings is 1. The van der Waals surface area contributed by atoms with E-state index in [-0.39, 0.29) is 18.9 Å². The molecule has 1 aromatic heterocycles. The molecule has 0 saturated carbocycles. The molecule has 1 amide bonds. The summed E-state index contributed by atoms with van der Waals surface area (Å²) >= 11 is 0. The second-order valence-electron chi connectivity index (χ2n) is 6.73. The van der Waals surface area contributed by atoms with Crippen LogP contribution in [0.4, 0.5) is 0 Å². The normalized spacial score (nSPS) is 18.9. The van der Waals surface area contributed by atoms with Gasteiger partial charge in [-0.15, -0.1) is 0 Å². The highest BCUT2D eigenvalue weighted by atomic mass is 16.5. The van der Waals surface area contributed by atoms with Crippen LogP contribution in [0.15, 0.2) is 42.6 Å². The number of aryl methyl sites for hydroxylation is 1. The molecule has 1 aromatic carbocycles. The molecule has 1 atom stereocenters. The van der Waals surface area contributed by atoms with Crippen molar-refractivity contribution in [1.82, 2.24) is 10.3 Å². The Kier molecular flexibility index (Phi) is 5.71. The molecule has 0 bridgehead atoms. The van der Waals surface area contributed by atoms with Crippen molar-refractivity contribution in [2.45, 2.75) is 31.9 Å². The second kappa shape index (κ2) is 8.18. The molecule has 2 aromatic rings. The molecule has 27 heavy (non-hydrogen) atoms. The van der Waals surface area contributed by atoms with Gasteiger partial charge in [0.05, 0.1) is 24.8 Å². The smallest absolute Gasteiger partial charge is 0.305 e. The Labute approximate surface area is 157 Å². The minimum Gasteiger partial charge on any atom is -0.487 e. The molecule has 0 radical (unpaired) electrons. The van der Waals surface area contributed by atoms with Crippen LogP contribution in [-0.4, -0.2) is 40.7 Å². The number of aromatic nitrogens is 1. The number of hydrogen-bond donors (Lipinski definition) is 2.